The number of piperidine rings is 1. The van der Waals surface area contributed by atoms with Gasteiger partial charge in [-0.05, 0) is 49.2 Å². The van der Waals surface area contributed by atoms with Crippen molar-refractivity contribution in [3.8, 4) is 5.75 Å². The first-order valence-corrected chi connectivity index (χ1v) is 10.8. The van der Waals surface area contributed by atoms with E-state index in [2.05, 4.69) is 10.3 Å². The number of furan rings is 1. The van der Waals surface area contributed by atoms with Crippen LogP contribution in [0, 0.1) is 0 Å². The zero-order valence-corrected chi connectivity index (χ0v) is 16.7. The SMILES string of the molecule is COc1ccc(NC(=O)c2ccc(S(=O)(=O)N3CCCCC3)o2)c2cccnc12. The van der Waals surface area contributed by atoms with Crippen molar-refractivity contribution in [1.29, 1.82) is 0 Å². The van der Waals surface area contributed by atoms with Gasteiger partial charge in [-0.25, -0.2) is 8.42 Å². The van der Waals surface area contributed by atoms with E-state index < -0.39 is 15.9 Å². The summed E-state index contributed by atoms with van der Waals surface area (Å²) in [6, 6.07) is 9.68. The molecule has 1 fully saturated rings. The number of carbonyl (C=O) groups is 1. The molecule has 29 heavy (non-hydrogen) atoms. The predicted octanol–water partition coefficient (Wildman–Crippen LogP) is 3.26. The topological polar surface area (TPSA) is 102 Å². The second-order valence-corrected chi connectivity index (χ2v) is 8.62. The van der Waals surface area contributed by atoms with E-state index in [-0.39, 0.29) is 10.9 Å². The standard InChI is InChI=1S/C20H21N3O5S/c1-27-16-8-7-15(14-6-5-11-21-19(14)16)22-20(24)17-9-10-18(28-17)29(25,26)23-12-3-2-4-13-23/h5-11H,2-4,12-13H2,1H3,(H,22,24). The van der Waals surface area contributed by atoms with E-state index in [1.54, 1.807) is 31.5 Å². The zero-order chi connectivity index (χ0) is 20.4. The van der Waals surface area contributed by atoms with Gasteiger partial charge < -0.3 is 14.5 Å². The summed E-state index contributed by atoms with van der Waals surface area (Å²) in [7, 11) is -2.18. The number of rotatable bonds is 5. The number of hydrogen-bond acceptors (Lipinski definition) is 6. The molecule has 3 heterocycles. The Labute approximate surface area is 168 Å². The molecule has 0 aliphatic carbocycles. The number of anilines is 1. The number of fused-ring (bicyclic) bond motifs is 1. The minimum atomic E-state index is -3.73. The molecule has 1 aromatic carbocycles. The number of amides is 1. The minimum Gasteiger partial charge on any atom is -0.494 e. The van der Waals surface area contributed by atoms with E-state index in [0.717, 1.165) is 19.3 Å². The van der Waals surface area contributed by atoms with Gasteiger partial charge in [-0.3, -0.25) is 9.78 Å². The van der Waals surface area contributed by atoms with Crippen LogP contribution in [0.5, 0.6) is 5.75 Å². The summed E-state index contributed by atoms with van der Waals surface area (Å²) in [4.78, 5) is 17.0. The molecule has 0 saturated carbocycles. The van der Waals surface area contributed by atoms with Crippen molar-refractivity contribution in [3.63, 3.8) is 0 Å². The molecule has 1 aliphatic rings. The lowest BCUT2D eigenvalue weighted by Crippen LogP contribution is -2.35. The highest BCUT2D eigenvalue weighted by Crippen LogP contribution is 2.30. The van der Waals surface area contributed by atoms with E-state index in [9.17, 15) is 13.2 Å². The van der Waals surface area contributed by atoms with Gasteiger partial charge in [0.25, 0.3) is 15.9 Å². The van der Waals surface area contributed by atoms with Crippen LogP contribution in [0.3, 0.4) is 0 Å². The number of nitrogens with one attached hydrogen (secondary N) is 1. The monoisotopic (exact) mass is 415 g/mol. The van der Waals surface area contributed by atoms with E-state index in [4.69, 9.17) is 9.15 Å². The molecule has 0 spiro atoms. The first kappa shape index (κ1) is 19.4. The summed E-state index contributed by atoms with van der Waals surface area (Å²) in [6.07, 6.45) is 4.31. The van der Waals surface area contributed by atoms with Gasteiger partial charge in [0.05, 0.1) is 12.8 Å². The highest BCUT2D eigenvalue weighted by Gasteiger charge is 2.29. The van der Waals surface area contributed by atoms with Gasteiger partial charge >= 0.3 is 0 Å². The second kappa shape index (κ2) is 7.84. The van der Waals surface area contributed by atoms with Crippen molar-refractivity contribution in [2.24, 2.45) is 0 Å². The Morgan fingerprint density at radius 1 is 1.14 bits per heavy atom. The van der Waals surface area contributed by atoms with Crippen LogP contribution in [0.15, 0.2) is 52.1 Å². The number of aromatic nitrogens is 1. The average Bonchev–Trinajstić information content (AvgIpc) is 3.26. The molecule has 1 saturated heterocycles. The smallest absolute Gasteiger partial charge is 0.291 e. The van der Waals surface area contributed by atoms with Gasteiger partial charge in [0, 0.05) is 24.7 Å². The van der Waals surface area contributed by atoms with Crippen LogP contribution < -0.4 is 10.1 Å². The molecule has 1 amide bonds. The first-order chi connectivity index (χ1) is 14.0. The van der Waals surface area contributed by atoms with Crippen molar-refractivity contribution in [2.75, 3.05) is 25.5 Å². The second-order valence-electron chi connectivity index (χ2n) is 6.75. The van der Waals surface area contributed by atoms with Crippen LogP contribution in [-0.2, 0) is 10.0 Å². The summed E-state index contributed by atoms with van der Waals surface area (Å²) < 4.78 is 37.5. The fraction of sp³-hybridized carbons (Fsp3) is 0.300. The normalized spacial score (nSPS) is 15.3. The number of methoxy groups -OCH3 is 1. The molecule has 152 valence electrons. The molecule has 9 heteroatoms. The number of hydrogen-bond donors (Lipinski definition) is 1. The Bertz CT molecular complexity index is 1150. The van der Waals surface area contributed by atoms with Gasteiger partial charge in [-0.2, -0.15) is 4.31 Å². The third kappa shape index (κ3) is 3.70. The fourth-order valence-electron chi connectivity index (χ4n) is 3.42. The van der Waals surface area contributed by atoms with Gasteiger partial charge in [-0.15, -0.1) is 0 Å². The van der Waals surface area contributed by atoms with Crippen LogP contribution in [-0.4, -0.2) is 43.8 Å². The number of sulfonamides is 1. The van der Waals surface area contributed by atoms with Crippen molar-refractivity contribution in [3.05, 3.63) is 48.4 Å². The highest BCUT2D eigenvalue weighted by atomic mass is 32.2. The third-order valence-electron chi connectivity index (χ3n) is 4.92. The number of pyridine rings is 1. The molecular formula is C20H21N3O5S. The Morgan fingerprint density at radius 3 is 2.69 bits per heavy atom. The quantitative estimate of drug-likeness (QED) is 0.686. The Kier molecular flexibility index (Phi) is 5.25. The van der Waals surface area contributed by atoms with Crippen LogP contribution in [0.25, 0.3) is 10.9 Å². The average molecular weight is 415 g/mol. The lowest BCUT2D eigenvalue weighted by Gasteiger charge is -2.24. The number of ether oxygens (including phenoxy) is 1. The maximum Gasteiger partial charge on any atom is 0.291 e. The van der Waals surface area contributed by atoms with Crippen LogP contribution >= 0.6 is 0 Å². The summed E-state index contributed by atoms with van der Waals surface area (Å²) >= 11 is 0. The van der Waals surface area contributed by atoms with Crippen molar-refractivity contribution < 1.29 is 22.4 Å². The molecule has 3 aromatic rings. The molecule has 1 aliphatic heterocycles. The lowest BCUT2D eigenvalue weighted by atomic mass is 10.1. The van der Waals surface area contributed by atoms with Gasteiger partial charge in [0.2, 0.25) is 5.09 Å². The third-order valence-corrected chi connectivity index (χ3v) is 6.69. The van der Waals surface area contributed by atoms with E-state index in [1.165, 1.54) is 16.4 Å². The number of benzene rings is 1. The summed E-state index contributed by atoms with van der Waals surface area (Å²) in [5.74, 6) is -0.0274. The molecule has 0 radical (unpaired) electrons. The largest absolute Gasteiger partial charge is 0.494 e. The van der Waals surface area contributed by atoms with Crippen molar-refractivity contribution in [2.45, 2.75) is 24.4 Å². The van der Waals surface area contributed by atoms with Crippen LogP contribution in [0.2, 0.25) is 0 Å². The Morgan fingerprint density at radius 2 is 1.93 bits per heavy atom. The maximum atomic E-state index is 12.7. The Hall–Kier alpha value is -2.91. The van der Waals surface area contributed by atoms with Gasteiger partial charge in [-0.1, -0.05) is 6.42 Å². The highest BCUT2D eigenvalue weighted by molar-refractivity contribution is 7.89. The molecule has 2 aromatic heterocycles. The molecule has 0 unspecified atom stereocenters. The first-order valence-electron chi connectivity index (χ1n) is 9.34. The van der Waals surface area contributed by atoms with Crippen molar-refractivity contribution in [1.82, 2.24) is 9.29 Å². The zero-order valence-electron chi connectivity index (χ0n) is 15.9. The van der Waals surface area contributed by atoms with Crippen LogP contribution in [0.1, 0.15) is 29.8 Å². The molecule has 1 N–H and O–H groups in total. The molecule has 0 atom stereocenters. The number of nitrogens with zero attached hydrogens (tertiary/aromatic N) is 2. The summed E-state index contributed by atoms with van der Waals surface area (Å²) in [5.41, 5.74) is 1.14. The maximum absolute atomic E-state index is 12.7. The van der Waals surface area contributed by atoms with E-state index >= 15 is 0 Å². The predicted molar refractivity (Wildman–Crippen MR) is 108 cm³/mol. The molecule has 4 rings (SSSR count). The molecule has 8 nitrogen and oxygen atoms in total. The molecule has 0 bridgehead atoms. The van der Waals surface area contributed by atoms with Gasteiger partial charge in [0.1, 0.15) is 11.3 Å². The van der Waals surface area contributed by atoms with E-state index in [1.807, 2.05) is 6.07 Å². The number of carbonyl (C=O) groups excluding carboxylic acids is 1. The van der Waals surface area contributed by atoms with Crippen molar-refractivity contribution >= 4 is 32.5 Å². The Balaban J connectivity index is 1.58. The van der Waals surface area contributed by atoms with Crippen LogP contribution in [0.4, 0.5) is 5.69 Å². The summed E-state index contributed by atoms with van der Waals surface area (Å²) in [5, 5.41) is 3.25. The minimum absolute atomic E-state index is 0.0755. The molecular weight excluding hydrogens is 394 g/mol. The summed E-state index contributed by atoms with van der Waals surface area (Å²) in [6.45, 7) is 0.935. The fourth-order valence-corrected chi connectivity index (χ4v) is 4.85. The lowest BCUT2D eigenvalue weighted by molar-refractivity contribution is 0.0991. The van der Waals surface area contributed by atoms with Gasteiger partial charge in [0.15, 0.2) is 5.76 Å². The van der Waals surface area contributed by atoms with E-state index in [0.29, 0.717) is 35.4 Å².